The minimum atomic E-state index is -0.974. The second kappa shape index (κ2) is 10.8. The molecule has 0 spiro atoms. The van der Waals surface area contributed by atoms with Crippen LogP contribution in [-0.4, -0.2) is 51.6 Å². The Kier molecular flexibility index (Phi) is 7.82. The highest BCUT2D eigenvalue weighted by Crippen LogP contribution is 2.32. The van der Waals surface area contributed by atoms with E-state index in [0.717, 1.165) is 31.2 Å². The van der Waals surface area contributed by atoms with Crippen LogP contribution in [0.3, 0.4) is 0 Å². The monoisotopic (exact) mass is 479 g/mol. The number of benzene rings is 1. The molecule has 35 heavy (non-hydrogen) atoms. The van der Waals surface area contributed by atoms with E-state index in [4.69, 9.17) is 0 Å². The summed E-state index contributed by atoms with van der Waals surface area (Å²) in [5.41, 5.74) is 2.10. The van der Waals surface area contributed by atoms with Gasteiger partial charge in [-0.3, -0.25) is 24.5 Å². The first kappa shape index (κ1) is 25.3. The summed E-state index contributed by atoms with van der Waals surface area (Å²) < 4.78 is 0. The fourth-order valence-corrected chi connectivity index (χ4v) is 4.96. The maximum Gasteiger partial charge on any atom is 0.249 e. The van der Waals surface area contributed by atoms with E-state index in [9.17, 15) is 14.7 Å². The number of hydrogen-bond donors (Lipinski definition) is 3. The summed E-state index contributed by atoms with van der Waals surface area (Å²) in [5, 5.41) is 16.4. The van der Waals surface area contributed by atoms with Crippen LogP contribution in [0.4, 0.5) is 5.69 Å². The third-order valence-electron chi connectivity index (χ3n) is 6.98. The summed E-state index contributed by atoms with van der Waals surface area (Å²) in [5.74, 6) is -0.524. The first-order valence-corrected chi connectivity index (χ1v) is 12.7. The average molecular weight is 480 g/mol. The first-order valence-electron chi connectivity index (χ1n) is 12.7. The highest BCUT2D eigenvalue weighted by atomic mass is 16.3. The van der Waals surface area contributed by atoms with E-state index in [-0.39, 0.29) is 23.3 Å². The molecule has 2 aromatic rings. The number of aliphatic hydroxyl groups excluding tert-OH is 1. The summed E-state index contributed by atoms with van der Waals surface area (Å²) in [6.45, 7) is 6.75. The lowest BCUT2D eigenvalue weighted by molar-refractivity contribution is -0.128. The Morgan fingerprint density at radius 2 is 1.83 bits per heavy atom. The van der Waals surface area contributed by atoms with Gasteiger partial charge in [0.2, 0.25) is 11.8 Å². The van der Waals surface area contributed by atoms with Crippen LogP contribution < -0.4 is 15.5 Å². The lowest BCUT2D eigenvalue weighted by Crippen LogP contribution is -2.51. The number of aromatic nitrogens is 2. The molecular formula is C27H37N5O3. The zero-order chi connectivity index (χ0) is 25.0. The lowest BCUT2D eigenvalue weighted by atomic mass is 9.87. The van der Waals surface area contributed by atoms with Crippen LogP contribution in [0.2, 0.25) is 0 Å². The Morgan fingerprint density at radius 3 is 2.40 bits per heavy atom. The van der Waals surface area contributed by atoms with Crippen molar-refractivity contribution in [2.45, 2.75) is 88.9 Å². The van der Waals surface area contributed by atoms with Gasteiger partial charge in [-0.05, 0) is 42.4 Å². The molecule has 3 unspecified atom stereocenters. The molecule has 8 heteroatoms. The van der Waals surface area contributed by atoms with E-state index in [1.165, 1.54) is 11.3 Å². The predicted molar refractivity (Wildman–Crippen MR) is 135 cm³/mol. The number of β-amino-alcohol motifs (C(OH)–C–C–N with tert-alkyl or cyclic N) is 1. The summed E-state index contributed by atoms with van der Waals surface area (Å²) in [6.07, 6.45) is 9.56. The van der Waals surface area contributed by atoms with Crippen molar-refractivity contribution in [1.82, 2.24) is 20.6 Å². The number of aliphatic hydroxyl groups is 1. The topological polar surface area (TPSA) is 107 Å². The highest BCUT2D eigenvalue weighted by molar-refractivity contribution is 6.03. The van der Waals surface area contributed by atoms with E-state index < -0.39 is 18.2 Å². The third kappa shape index (κ3) is 6.05. The normalized spacial score (nSPS) is 21.9. The fraction of sp³-hybridized carbons (Fsp3) is 0.556. The molecule has 4 rings (SSSR count). The second-order valence-corrected chi connectivity index (χ2v) is 10.7. The van der Waals surface area contributed by atoms with Crippen LogP contribution in [0, 0.1) is 0 Å². The number of carbonyl (C=O) groups excluding carboxylic acids is 2. The van der Waals surface area contributed by atoms with E-state index in [1.54, 1.807) is 18.6 Å². The maximum atomic E-state index is 13.9. The predicted octanol–water partition coefficient (Wildman–Crippen LogP) is 3.02. The van der Waals surface area contributed by atoms with Crippen LogP contribution >= 0.6 is 0 Å². The lowest BCUT2D eigenvalue weighted by Gasteiger charge is -2.34. The molecule has 8 nitrogen and oxygen atoms in total. The van der Waals surface area contributed by atoms with E-state index in [2.05, 4.69) is 41.4 Å². The van der Waals surface area contributed by atoms with Gasteiger partial charge in [-0.25, -0.2) is 0 Å². The summed E-state index contributed by atoms with van der Waals surface area (Å²) in [7, 11) is 0. The highest BCUT2D eigenvalue weighted by Gasteiger charge is 2.40. The molecule has 3 N–H and O–H groups in total. The smallest absolute Gasteiger partial charge is 0.249 e. The molecule has 188 valence electrons. The molecule has 1 aliphatic carbocycles. The Hall–Kier alpha value is -2.84. The molecule has 1 aromatic heterocycles. The fourth-order valence-electron chi connectivity index (χ4n) is 4.96. The van der Waals surface area contributed by atoms with Crippen LogP contribution in [0.1, 0.15) is 76.6 Å². The van der Waals surface area contributed by atoms with Crippen LogP contribution in [-0.2, 0) is 15.0 Å². The van der Waals surface area contributed by atoms with Gasteiger partial charge in [0.1, 0.15) is 0 Å². The second-order valence-electron chi connectivity index (χ2n) is 10.7. The van der Waals surface area contributed by atoms with E-state index >= 15 is 0 Å². The van der Waals surface area contributed by atoms with Gasteiger partial charge in [0, 0.05) is 30.7 Å². The molecule has 1 saturated carbocycles. The minimum absolute atomic E-state index is 0.0485. The number of nitrogens with zero attached hydrogens (tertiary/aromatic N) is 3. The Labute approximate surface area is 207 Å². The van der Waals surface area contributed by atoms with Gasteiger partial charge in [0.05, 0.1) is 24.0 Å². The Morgan fingerprint density at radius 1 is 1.11 bits per heavy atom. The van der Waals surface area contributed by atoms with Gasteiger partial charge in [-0.2, -0.15) is 0 Å². The summed E-state index contributed by atoms with van der Waals surface area (Å²) in [4.78, 5) is 37.9. The SMILES string of the molecule is CC(C)(C)c1ccc(N(C(=O)C2CC(O)CN2)C(C(=O)NC2CCCCC2)c2cnccn2)cc1. The number of amides is 2. The van der Waals surface area contributed by atoms with Crippen molar-refractivity contribution in [3.8, 4) is 0 Å². The van der Waals surface area contributed by atoms with Crippen molar-refractivity contribution < 1.29 is 14.7 Å². The number of anilines is 1. The molecule has 2 amide bonds. The molecule has 1 saturated heterocycles. The maximum absolute atomic E-state index is 13.9. The van der Waals surface area contributed by atoms with Crippen LogP contribution in [0.15, 0.2) is 42.9 Å². The molecule has 2 heterocycles. The van der Waals surface area contributed by atoms with Crippen LogP contribution in [0.25, 0.3) is 0 Å². The van der Waals surface area contributed by atoms with Crippen molar-refractivity contribution in [3.05, 3.63) is 54.1 Å². The molecule has 0 bridgehead atoms. The Bertz CT molecular complexity index is 1000. The first-order chi connectivity index (χ1) is 16.7. The van der Waals surface area contributed by atoms with Crippen molar-refractivity contribution >= 4 is 17.5 Å². The van der Waals surface area contributed by atoms with Gasteiger partial charge >= 0.3 is 0 Å². The van der Waals surface area contributed by atoms with Crippen LogP contribution in [0.5, 0.6) is 0 Å². The largest absolute Gasteiger partial charge is 0.392 e. The quantitative estimate of drug-likeness (QED) is 0.588. The molecule has 3 atom stereocenters. The zero-order valence-electron chi connectivity index (χ0n) is 20.9. The molecule has 0 radical (unpaired) electrons. The third-order valence-corrected chi connectivity index (χ3v) is 6.98. The van der Waals surface area contributed by atoms with Crippen molar-refractivity contribution in [2.75, 3.05) is 11.4 Å². The summed E-state index contributed by atoms with van der Waals surface area (Å²) in [6, 6.07) is 6.30. The standard InChI is InChI=1S/C27H37N5O3/c1-27(2,3)18-9-11-20(12-10-18)32(26(35)22-15-21(33)16-30-22)24(23-17-28-13-14-29-23)25(34)31-19-7-5-4-6-8-19/h9-14,17,19,21-22,24,30,33H,4-8,15-16H2,1-3H3,(H,31,34). The molecule has 1 aliphatic heterocycles. The van der Waals surface area contributed by atoms with Crippen molar-refractivity contribution in [2.24, 2.45) is 0 Å². The number of nitrogens with one attached hydrogen (secondary N) is 2. The number of carbonyl (C=O) groups is 2. The van der Waals surface area contributed by atoms with Gasteiger partial charge in [-0.1, -0.05) is 52.2 Å². The molecule has 1 aromatic carbocycles. The van der Waals surface area contributed by atoms with Crippen molar-refractivity contribution in [1.29, 1.82) is 0 Å². The zero-order valence-corrected chi connectivity index (χ0v) is 20.9. The molecule has 2 aliphatic rings. The van der Waals surface area contributed by atoms with Gasteiger partial charge < -0.3 is 15.7 Å². The number of hydrogen-bond acceptors (Lipinski definition) is 6. The minimum Gasteiger partial charge on any atom is -0.392 e. The summed E-state index contributed by atoms with van der Waals surface area (Å²) >= 11 is 0. The van der Waals surface area contributed by atoms with E-state index in [1.807, 2.05) is 24.3 Å². The van der Waals surface area contributed by atoms with Gasteiger partial charge in [0.25, 0.3) is 0 Å². The van der Waals surface area contributed by atoms with Gasteiger partial charge in [-0.15, -0.1) is 0 Å². The molecule has 2 fully saturated rings. The van der Waals surface area contributed by atoms with E-state index in [0.29, 0.717) is 24.3 Å². The van der Waals surface area contributed by atoms with Gasteiger partial charge in [0.15, 0.2) is 6.04 Å². The number of rotatable bonds is 6. The average Bonchev–Trinajstić information content (AvgIpc) is 3.29. The molecular weight excluding hydrogens is 442 g/mol. The Balaban J connectivity index is 1.74. The van der Waals surface area contributed by atoms with Crippen molar-refractivity contribution in [3.63, 3.8) is 0 Å².